The maximum Gasteiger partial charge on any atom is 0.469 e. The standard InChI is InChI=1S/C20H35O4P.H3O4P/c1-17(2)9-6-10-18(3)11-7-12-19(4)13-8-14-20(5)15-16-24-25(21,22)23;1-5(2,3)4/h9,11,13,15H,6-8,10,12,14,16H2,1-5H3,(H2,21,22,23);(H3,1,2,3,4)/b18-11+,19-13?,20-15+;. The van der Waals surface area contributed by atoms with Gasteiger partial charge in [0.05, 0.1) is 6.61 Å². The molecule has 8 nitrogen and oxygen atoms in total. The number of hydrogen-bond donors (Lipinski definition) is 5. The van der Waals surface area contributed by atoms with Crippen molar-refractivity contribution in [3.05, 3.63) is 46.6 Å². The van der Waals surface area contributed by atoms with Crippen LogP contribution in [-0.2, 0) is 13.7 Å². The molecular weight excluding hydrogens is 430 g/mol. The molecule has 0 radical (unpaired) electrons. The van der Waals surface area contributed by atoms with E-state index in [9.17, 15) is 4.57 Å². The summed E-state index contributed by atoms with van der Waals surface area (Å²) in [4.78, 5) is 38.8. The van der Waals surface area contributed by atoms with Crippen molar-refractivity contribution in [3.8, 4) is 0 Å². The van der Waals surface area contributed by atoms with Crippen LogP contribution in [0.5, 0.6) is 0 Å². The number of allylic oxidation sites excluding steroid dienone is 7. The topological polar surface area (TPSA) is 145 Å². The quantitative estimate of drug-likeness (QED) is 0.191. The molecule has 0 aromatic carbocycles. The van der Waals surface area contributed by atoms with Crippen LogP contribution < -0.4 is 0 Å². The second kappa shape index (κ2) is 16.8. The Hall–Kier alpha value is -0.820. The van der Waals surface area contributed by atoms with E-state index < -0.39 is 15.6 Å². The van der Waals surface area contributed by atoms with E-state index in [0.717, 1.165) is 44.1 Å². The minimum Gasteiger partial charge on any atom is -0.303 e. The molecule has 0 aliphatic carbocycles. The second-order valence-corrected chi connectivity index (χ2v) is 9.61. The lowest BCUT2D eigenvalue weighted by Crippen LogP contribution is -1.89. The Labute approximate surface area is 180 Å². The molecule has 0 heterocycles. The van der Waals surface area contributed by atoms with Crippen LogP contribution in [0.4, 0.5) is 0 Å². The van der Waals surface area contributed by atoms with Crippen molar-refractivity contribution in [2.45, 2.75) is 73.1 Å². The Balaban J connectivity index is 0. The number of hydrogen-bond acceptors (Lipinski definition) is 3. The van der Waals surface area contributed by atoms with Crippen LogP contribution in [0.1, 0.15) is 73.1 Å². The number of rotatable bonds is 12. The fraction of sp³-hybridized carbons (Fsp3) is 0.600. The first kappa shape index (κ1) is 31.4. The van der Waals surface area contributed by atoms with Crippen LogP contribution in [-0.4, -0.2) is 31.1 Å². The van der Waals surface area contributed by atoms with E-state index in [4.69, 9.17) is 29.0 Å². The highest BCUT2D eigenvalue weighted by atomic mass is 31.2. The summed E-state index contributed by atoms with van der Waals surface area (Å²) in [6, 6.07) is 0. The highest BCUT2D eigenvalue weighted by molar-refractivity contribution is 7.46. The van der Waals surface area contributed by atoms with Crippen molar-refractivity contribution >= 4 is 15.6 Å². The maximum absolute atomic E-state index is 10.6. The molecular formula is C20H38O8P2. The molecule has 5 N–H and O–H groups in total. The first-order valence-electron chi connectivity index (χ1n) is 9.68. The molecule has 0 atom stereocenters. The third-order valence-corrected chi connectivity index (χ3v) is 4.31. The Kier molecular flexibility index (Phi) is 17.6. The second-order valence-electron chi connectivity index (χ2n) is 7.35. The van der Waals surface area contributed by atoms with Gasteiger partial charge in [0.2, 0.25) is 0 Å². The van der Waals surface area contributed by atoms with Gasteiger partial charge in [-0.2, -0.15) is 0 Å². The molecule has 0 rings (SSSR count). The molecule has 10 heteroatoms. The zero-order chi connectivity index (χ0) is 23.8. The van der Waals surface area contributed by atoms with E-state index in [-0.39, 0.29) is 6.61 Å². The van der Waals surface area contributed by atoms with Gasteiger partial charge in [-0.15, -0.1) is 0 Å². The lowest BCUT2D eigenvalue weighted by molar-refractivity contribution is 0.215. The fourth-order valence-corrected chi connectivity index (χ4v) is 2.53. The lowest BCUT2D eigenvalue weighted by atomic mass is 10.0. The van der Waals surface area contributed by atoms with Crippen LogP contribution >= 0.6 is 15.6 Å². The molecule has 0 saturated carbocycles. The summed E-state index contributed by atoms with van der Waals surface area (Å²) in [7, 11) is -9.00. The van der Waals surface area contributed by atoms with Gasteiger partial charge in [-0.25, -0.2) is 9.13 Å². The lowest BCUT2D eigenvalue weighted by Gasteiger charge is -2.04. The van der Waals surface area contributed by atoms with Gasteiger partial charge in [0, 0.05) is 0 Å². The maximum atomic E-state index is 10.6. The van der Waals surface area contributed by atoms with Crippen molar-refractivity contribution in [1.29, 1.82) is 0 Å². The molecule has 0 unspecified atom stereocenters. The van der Waals surface area contributed by atoms with Crippen molar-refractivity contribution in [3.63, 3.8) is 0 Å². The van der Waals surface area contributed by atoms with Crippen LogP contribution in [0.2, 0.25) is 0 Å². The van der Waals surface area contributed by atoms with Crippen LogP contribution in [0.25, 0.3) is 0 Å². The SMILES string of the molecule is CC(C)=CCC/C(C)=C/CCC(C)=CCC/C(C)=C/COP(=O)(O)O.O=P(O)(O)O. The Morgan fingerprint density at radius 3 is 1.33 bits per heavy atom. The summed E-state index contributed by atoms with van der Waals surface area (Å²) in [6.07, 6.45) is 14.8. The first-order valence-corrected chi connectivity index (χ1v) is 12.8. The van der Waals surface area contributed by atoms with Gasteiger partial charge in [0.1, 0.15) is 0 Å². The average molecular weight is 468 g/mol. The van der Waals surface area contributed by atoms with Gasteiger partial charge in [0.25, 0.3) is 0 Å². The van der Waals surface area contributed by atoms with E-state index in [1.807, 2.05) is 6.92 Å². The normalized spacial score (nSPS) is 13.6. The summed E-state index contributed by atoms with van der Waals surface area (Å²) in [5.74, 6) is 0. The van der Waals surface area contributed by atoms with Gasteiger partial charge >= 0.3 is 15.6 Å². The molecule has 0 fully saturated rings. The minimum atomic E-state index is -4.64. The molecule has 0 aromatic rings. The predicted molar refractivity (Wildman–Crippen MR) is 121 cm³/mol. The van der Waals surface area contributed by atoms with Crippen molar-refractivity contribution in [1.82, 2.24) is 0 Å². The molecule has 0 spiro atoms. The molecule has 0 bridgehead atoms. The third kappa shape index (κ3) is 31.9. The zero-order valence-corrected chi connectivity index (χ0v) is 20.4. The summed E-state index contributed by atoms with van der Waals surface area (Å²) in [5, 5.41) is 0. The van der Waals surface area contributed by atoms with Crippen LogP contribution in [0, 0.1) is 0 Å². The molecule has 0 saturated heterocycles. The molecule has 0 aliphatic heterocycles. The van der Waals surface area contributed by atoms with E-state index >= 15 is 0 Å². The summed E-state index contributed by atoms with van der Waals surface area (Å²) < 4.78 is 23.9. The van der Waals surface area contributed by atoms with Crippen molar-refractivity contribution in [2.24, 2.45) is 0 Å². The Morgan fingerprint density at radius 1 is 0.667 bits per heavy atom. The van der Waals surface area contributed by atoms with Gasteiger partial charge < -0.3 is 24.5 Å². The van der Waals surface area contributed by atoms with Crippen molar-refractivity contribution < 1.29 is 38.1 Å². The highest BCUT2D eigenvalue weighted by Gasteiger charge is 2.11. The fourth-order valence-electron chi connectivity index (χ4n) is 2.26. The third-order valence-electron chi connectivity index (χ3n) is 3.83. The zero-order valence-electron chi connectivity index (χ0n) is 18.6. The monoisotopic (exact) mass is 468 g/mol. The molecule has 0 aromatic heterocycles. The average Bonchev–Trinajstić information content (AvgIpc) is 2.51. The summed E-state index contributed by atoms with van der Waals surface area (Å²) in [6.45, 7) is 10.5. The van der Waals surface area contributed by atoms with Crippen LogP contribution in [0.3, 0.4) is 0 Å². The van der Waals surface area contributed by atoms with E-state index in [2.05, 4.69) is 50.4 Å². The van der Waals surface area contributed by atoms with Gasteiger partial charge in [-0.05, 0) is 73.1 Å². The molecule has 176 valence electrons. The molecule has 30 heavy (non-hydrogen) atoms. The van der Waals surface area contributed by atoms with Gasteiger partial charge in [-0.1, -0.05) is 46.6 Å². The van der Waals surface area contributed by atoms with Crippen molar-refractivity contribution in [2.75, 3.05) is 6.61 Å². The van der Waals surface area contributed by atoms with Gasteiger partial charge in [0.15, 0.2) is 0 Å². The van der Waals surface area contributed by atoms with E-state index in [0.29, 0.717) is 0 Å². The number of phosphoric acid groups is 2. The molecule has 0 aliphatic rings. The predicted octanol–water partition coefficient (Wildman–Crippen LogP) is 5.31. The van der Waals surface area contributed by atoms with E-state index in [1.54, 1.807) is 6.08 Å². The Morgan fingerprint density at radius 2 is 1.00 bits per heavy atom. The Bertz CT molecular complexity index is 683. The van der Waals surface area contributed by atoms with Crippen LogP contribution in [0.15, 0.2) is 46.6 Å². The first-order chi connectivity index (χ1) is 13.6. The largest absolute Gasteiger partial charge is 0.469 e. The minimum absolute atomic E-state index is 0.0460. The highest BCUT2D eigenvalue weighted by Crippen LogP contribution is 2.35. The summed E-state index contributed by atoms with van der Waals surface area (Å²) >= 11 is 0. The summed E-state index contributed by atoms with van der Waals surface area (Å²) in [5.41, 5.74) is 5.29. The molecule has 0 amide bonds. The van der Waals surface area contributed by atoms with E-state index in [1.165, 1.54) is 16.7 Å². The number of phosphoric ester groups is 1. The van der Waals surface area contributed by atoms with Gasteiger partial charge in [-0.3, -0.25) is 4.52 Å². The smallest absolute Gasteiger partial charge is 0.303 e.